The summed E-state index contributed by atoms with van der Waals surface area (Å²) in [5, 5.41) is 3.60. The number of nitrogens with zero attached hydrogens (tertiary/aromatic N) is 1. The fourth-order valence-corrected chi connectivity index (χ4v) is 4.01. The van der Waals surface area contributed by atoms with Crippen molar-refractivity contribution in [1.82, 2.24) is 10.2 Å². The van der Waals surface area contributed by atoms with E-state index in [1.165, 1.54) is 54.4 Å². The van der Waals surface area contributed by atoms with Gasteiger partial charge in [0.25, 0.3) is 0 Å². The lowest BCUT2D eigenvalue weighted by molar-refractivity contribution is 0.223. The fourth-order valence-electron chi connectivity index (χ4n) is 3.43. The lowest BCUT2D eigenvalue weighted by Crippen LogP contribution is -2.36. The van der Waals surface area contributed by atoms with E-state index in [9.17, 15) is 0 Å². The number of nitrogens with one attached hydrogen (secondary N) is 1. The molecule has 98 valence electrons. The number of benzene rings is 1. The zero-order valence-corrected chi connectivity index (χ0v) is 12.5. The first kappa shape index (κ1) is 12.6. The highest BCUT2D eigenvalue weighted by molar-refractivity contribution is 9.10. The van der Waals surface area contributed by atoms with Crippen molar-refractivity contribution in [3.8, 4) is 0 Å². The summed E-state index contributed by atoms with van der Waals surface area (Å²) in [5.41, 5.74) is 3.05. The SMILES string of the molecule is CN(CC1CCCN1)C1CCc2c(Br)cccc21. The lowest BCUT2D eigenvalue weighted by Gasteiger charge is -2.28. The molecule has 0 amide bonds. The zero-order valence-electron chi connectivity index (χ0n) is 11.0. The minimum absolute atomic E-state index is 0.611. The summed E-state index contributed by atoms with van der Waals surface area (Å²) >= 11 is 3.68. The van der Waals surface area contributed by atoms with Crippen molar-refractivity contribution in [2.24, 2.45) is 0 Å². The fraction of sp³-hybridized carbons (Fsp3) is 0.600. The van der Waals surface area contributed by atoms with Crippen LogP contribution >= 0.6 is 15.9 Å². The summed E-state index contributed by atoms with van der Waals surface area (Å²) in [4.78, 5) is 2.54. The molecule has 2 unspecified atom stereocenters. The summed E-state index contributed by atoms with van der Waals surface area (Å²) in [6, 6.07) is 7.95. The van der Waals surface area contributed by atoms with E-state index >= 15 is 0 Å². The van der Waals surface area contributed by atoms with Gasteiger partial charge in [-0.1, -0.05) is 28.1 Å². The third kappa shape index (κ3) is 2.36. The van der Waals surface area contributed by atoms with Crippen LogP contribution in [0.3, 0.4) is 0 Å². The van der Waals surface area contributed by atoms with Crippen molar-refractivity contribution in [3.05, 3.63) is 33.8 Å². The largest absolute Gasteiger partial charge is 0.313 e. The lowest BCUT2D eigenvalue weighted by atomic mass is 10.1. The molecular formula is C15H21BrN2. The van der Waals surface area contributed by atoms with Gasteiger partial charge in [-0.3, -0.25) is 4.90 Å². The van der Waals surface area contributed by atoms with Gasteiger partial charge in [-0.25, -0.2) is 0 Å². The predicted octanol–water partition coefficient (Wildman–Crippen LogP) is 3.12. The van der Waals surface area contributed by atoms with E-state index in [0.717, 1.165) is 0 Å². The second kappa shape index (κ2) is 5.32. The first-order valence-corrected chi connectivity index (χ1v) is 7.76. The molecule has 3 rings (SSSR count). The summed E-state index contributed by atoms with van der Waals surface area (Å²) in [6.45, 7) is 2.38. The Morgan fingerprint density at radius 1 is 1.39 bits per heavy atom. The van der Waals surface area contributed by atoms with E-state index < -0.39 is 0 Å². The topological polar surface area (TPSA) is 15.3 Å². The van der Waals surface area contributed by atoms with Crippen LogP contribution in [0.2, 0.25) is 0 Å². The molecule has 2 nitrogen and oxygen atoms in total. The van der Waals surface area contributed by atoms with Gasteiger partial charge in [0.05, 0.1) is 0 Å². The van der Waals surface area contributed by atoms with E-state index in [1.807, 2.05) is 0 Å². The van der Waals surface area contributed by atoms with Crippen LogP contribution in [0.5, 0.6) is 0 Å². The molecule has 1 aromatic carbocycles. The molecule has 0 saturated carbocycles. The minimum Gasteiger partial charge on any atom is -0.313 e. The molecule has 0 radical (unpaired) electrons. The summed E-state index contributed by atoms with van der Waals surface area (Å²) in [6.07, 6.45) is 5.15. The average molecular weight is 309 g/mol. The molecule has 0 aromatic heterocycles. The highest BCUT2D eigenvalue weighted by atomic mass is 79.9. The highest BCUT2D eigenvalue weighted by Gasteiger charge is 2.28. The maximum absolute atomic E-state index is 3.68. The van der Waals surface area contributed by atoms with Crippen molar-refractivity contribution in [2.45, 2.75) is 37.8 Å². The summed E-state index contributed by atoms with van der Waals surface area (Å²) < 4.78 is 1.29. The Hall–Kier alpha value is -0.380. The summed E-state index contributed by atoms with van der Waals surface area (Å²) in [5.74, 6) is 0. The Morgan fingerprint density at radius 3 is 3.06 bits per heavy atom. The molecule has 0 spiro atoms. The first-order chi connectivity index (χ1) is 8.75. The van der Waals surface area contributed by atoms with Gasteiger partial charge >= 0.3 is 0 Å². The normalized spacial score (nSPS) is 26.8. The van der Waals surface area contributed by atoms with Crippen LogP contribution in [0, 0.1) is 0 Å². The van der Waals surface area contributed by atoms with Crippen molar-refractivity contribution >= 4 is 15.9 Å². The Labute approximate surface area is 118 Å². The first-order valence-electron chi connectivity index (χ1n) is 6.96. The van der Waals surface area contributed by atoms with Crippen LogP contribution in [0.4, 0.5) is 0 Å². The Kier molecular flexibility index (Phi) is 3.73. The Balaban J connectivity index is 1.73. The summed E-state index contributed by atoms with van der Waals surface area (Å²) in [7, 11) is 2.28. The third-order valence-electron chi connectivity index (χ3n) is 4.38. The van der Waals surface area contributed by atoms with Crippen molar-refractivity contribution in [2.75, 3.05) is 20.1 Å². The van der Waals surface area contributed by atoms with Gasteiger partial charge in [0.2, 0.25) is 0 Å². The van der Waals surface area contributed by atoms with Crippen LogP contribution in [0.25, 0.3) is 0 Å². The molecule has 1 N–H and O–H groups in total. The molecule has 2 atom stereocenters. The Bertz CT molecular complexity index is 427. The number of likely N-dealkylation sites (N-methyl/N-ethyl adjacent to an activating group) is 1. The van der Waals surface area contributed by atoms with Crippen molar-refractivity contribution in [3.63, 3.8) is 0 Å². The number of hydrogen-bond donors (Lipinski definition) is 1. The third-order valence-corrected chi connectivity index (χ3v) is 5.13. The van der Waals surface area contributed by atoms with E-state index in [4.69, 9.17) is 0 Å². The number of hydrogen-bond acceptors (Lipinski definition) is 2. The molecular weight excluding hydrogens is 288 g/mol. The van der Waals surface area contributed by atoms with Crippen LogP contribution in [0.1, 0.15) is 36.4 Å². The molecule has 3 heteroatoms. The maximum Gasteiger partial charge on any atom is 0.0352 e. The number of rotatable bonds is 3. The van der Waals surface area contributed by atoms with Gasteiger partial charge in [0.1, 0.15) is 0 Å². The minimum atomic E-state index is 0.611. The van der Waals surface area contributed by atoms with Crippen LogP contribution in [-0.2, 0) is 6.42 Å². The van der Waals surface area contributed by atoms with Crippen molar-refractivity contribution < 1.29 is 0 Å². The number of fused-ring (bicyclic) bond motifs is 1. The molecule has 1 aromatic rings. The maximum atomic E-state index is 3.68. The average Bonchev–Trinajstić information content (AvgIpc) is 2.98. The number of halogens is 1. The van der Waals surface area contributed by atoms with Crippen LogP contribution in [0.15, 0.2) is 22.7 Å². The molecule has 1 heterocycles. The van der Waals surface area contributed by atoms with E-state index in [2.05, 4.69) is 51.4 Å². The smallest absolute Gasteiger partial charge is 0.0352 e. The van der Waals surface area contributed by atoms with Crippen LogP contribution < -0.4 is 5.32 Å². The standard InChI is InChI=1S/C15H21BrN2/c1-18(10-11-4-3-9-17-11)15-8-7-12-13(15)5-2-6-14(12)16/h2,5-6,11,15,17H,3-4,7-10H2,1H3. The molecule has 0 bridgehead atoms. The van der Waals surface area contributed by atoms with Gasteiger partial charge in [0, 0.05) is 23.1 Å². The van der Waals surface area contributed by atoms with Gasteiger partial charge < -0.3 is 5.32 Å². The van der Waals surface area contributed by atoms with Crippen LogP contribution in [-0.4, -0.2) is 31.1 Å². The van der Waals surface area contributed by atoms with Crippen molar-refractivity contribution in [1.29, 1.82) is 0 Å². The Morgan fingerprint density at radius 2 is 2.28 bits per heavy atom. The molecule has 2 aliphatic rings. The van der Waals surface area contributed by atoms with Gasteiger partial charge in [-0.15, -0.1) is 0 Å². The van der Waals surface area contributed by atoms with Gasteiger partial charge in [0.15, 0.2) is 0 Å². The van der Waals surface area contributed by atoms with E-state index in [0.29, 0.717) is 12.1 Å². The molecule has 1 fully saturated rings. The highest BCUT2D eigenvalue weighted by Crippen LogP contribution is 2.38. The second-order valence-corrected chi connectivity index (χ2v) is 6.45. The molecule has 1 aliphatic heterocycles. The molecule has 18 heavy (non-hydrogen) atoms. The van der Waals surface area contributed by atoms with E-state index in [1.54, 1.807) is 0 Å². The monoisotopic (exact) mass is 308 g/mol. The quantitative estimate of drug-likeness (QED) is 0.923. The van der Waals surface area contributed by atoms with Gasteiger partial charge in [-0.05, 0) is 56.5 Å². The molecule has 1 aliphatic carbocycles. The predicted molar refractivity (Wildman–Crippen MR) is 78.9 cm³/mol. The van der Waals surface area contributed by atoms with Gasteiger partial charge in [-0.2, -0.15) is 0 Å². The zero-order chi connectivity index (χ0) is 12.5. The molecule has 1 saturated heterocycles. The second-order valence-electron chi connectivity index (χ2n) is 5.59. The van der Waals surface area contributed by atoms with E-state index in [-0.39, 0.29) is 0 Å².